The molecule has 0 spiro atoms. The monoisotopic (exact) mass is 443 g/mol. The Morgan fingerprint density at radius 3 is 2.67 bits per heavy atom. The van der Waals surface area contributed by atoms with Crippen LogP contribution in [-0.2, 0) is 10.5 Å². The molecule has 3 rings (SSSR count). The van der Waals surface area contributed by atoms with Crippen molar-refractivity contribution >= 4 is 39.3 Å². The fourth-order valence-corrected chi connectivity index (χ4v) is 4.26. The van der Waals surface area contributed by atoms with Gasteiger partial charge in [-0.2, -0.15) is 5.26 Å². The van der Waals surface area contributed by atoms with E-state index in [-0.39, 0.29) is 23.9 Å². The number of nitro groups is 1. The third kappa shape index (κ3) is 4.56. The van der Waals surface area contributed by atoms with Crippen LogP contribution in [0.2, 0.25) is 0 Å². The molecular formula is C19H14BrN3O3S. The molecular weight excluding hydrogens is 430 g/mol. The highest BCUT2D eigenvalue weighted by atomic mass is 79.9. The fraction of sp³-hybridized carbons (Fsp3) is 0.158. The summed E-state index contributed by atoms with van der Waals surface area (Å²) in [7, 11) is 0. The molecule has 0 aliphatic carbocycles. The van der Waals surface area contributed by atoms with Crippen molar-refractivity contribution in [2.75, 3.05) is 0 Å². The number of nitriles is 1. The normalized spacial score (nSPS) is 16.6. The molecule has 0 bridgehead atoms. The quantitative estimate of drug-likeness (QED) is 0.536. The molecule has 0 aromatic heterocycles. The van der Waals surface area contributed by atoms with Gasteiger partial charge in [0.15, 0.2) is 0 Å². The molecule has 0 saturated heterocycles. The van der Waals surface area contributed by atoms with Gasteiger partial charge < -0.3 is 5.32 Å². The minimum absolute atomic E-state index is 0.0290. The third-order valence-electron chi connectivity index (χ3n) is 4.14. The third-order valence-corrected chi connectivity index (χ3v) is 5.72. The van der Waals surface area contributed by atoms with Crippen LogP contribution in [0.5, 0.6) is 0 Å². The van der Waals surface area contributed by atoms with Gasteiger partial charge in [0.05, 0.1) is 21.6 Å². The standard InChI is InChI=1S/C19H14BrN3O3S/c20-14-3-1-2-13(8-14)16-9-18(24)22-19(17(16)10-21)27-11-12-4-6-15(7-5-12)23(25)26/h1-8,16H,9,11H2,(H,22,24)/t16-/m0/s1. The van der Waals surface area contributed by atoms with Crippen molar-refractivity contribution in [1.29, 1.82) is 5.26 Å². The summed E-state index contributed by atoms with van der Waals surface area (Å²) in [6, 6.07) is 16.1. The maximum absolute atomic E-state index is 12.2. The number of allylic oxidation sites excluding steroid dienone is 1. The zero-order chi connectivity index (χ0) is 19.4. The number of non-ortho nitro benzene ring substituents is 1. The van der Waals surface area contributed by atoms with Crippen LogP contribution < -0.4 is 5.32 Å². The van der Waals surface area contributed by atoms with Crippen molar-refractivity contribution in [3.8, 4) is 6.07 Å². The Bertz CT molecular complexity index is 967. The van der Waals surface area contributed by atoms with E-state index in [4.69, 9.17) is 0 Å². The first kappa shape index (κ1) is 19.1. The smallest absolute Gasteiger partial charge is 0.269 e. The van der Waals surface area contributed by atoms with Crippen molar-refractivity contribution in [2.24, 2.45) is 0 Å². The Morgan fingerprint density at radius 2 is 2.04 bits per heavy atom. The van der Waals surface area contributed by atoms with E-state index < -0.39 is 4.92 Å². The lowest BCUT2D eigenvalue weighted by Crippen LogP contribution is -2.30. The van der Waals surface area contributed by atoms with Crippen LogP contribution >= 0.6 is 27.7 Å². The number of nitrogens with zero attached hydrogens (tertiary/aromatic N) is 2. The van der Waals surface area contributed by atoms with E-state index in [1.807, 2.05) is 24.3 Å². The molecule has 136 valence electrons. The van der Waals surface area contributed by atoms with E-state index in [0.29, 0.717) is 16.4 Å². The summed E-state index contributed by atoms with van der Waals surface area (Å²) in [5.74, 6) is 0.0649. The summed E-state index contributed by atoms with van der Waals surface area (Å²) < 4.78 is 0.892. The molecule has 0 unspecified atom stereocenters. The summed E-state index contributed by atoms with van der Waals surface area (Å²) >= 11 is 4.77. The molecule has 1 amide bonds. The highest BCUT2D eigenvalue weighted by molar-refractivity contribution is 9.10. The first-order valence-electron chi connectivity index (χ1n) is 8.03. The molecule has 27 heavy (non-hydrogen) atoms. The number of amides is 1. The second-order valence-electron chi connectivity index (χ2n) is 5.93. The molecule has 1 aliphatic rings. The number of hydrogen-bond donors (Lipinski definition) is 1. The highest BCUT2D eigenvalue weighted by Gasteiger charge is 2.29. The highest BCUT2D eigenvalue weighted by Crippen LogP contribution is 2.37. The largest absolute Gasteiger partial charge is 0.320 e. The Kier molecular flexibility index (Phi) is 5.94. The number of halogens is 1. The van der Waals surface area contributed by atoms with Crippen LogP contribution in [0.4, 0.5) is 5.69 Å². The van der Waals surface area contributed by atoms with Gasteiger partial charge in [-0.15, -0.1) is 11.8 Å². The zero-order valence-electron chi connectivity index (χ0n) is 14.0. The topological polar surface area (TPSA) is 96.0 Å². The van der Waals surface area contributed by atoms with Crippen molar-refractivity contribution in [3.05, 3.63) is 84.8 Å². The van der Waals surface area contributed by atoms with E-state index in [1.54, 1.807) is 12.1 Å². The van der Waals surface area contributed by atoms with E-state index in [0.717, 1.165) is 15.6 Å². The lowest BCUT2D eigenvalue weighted by molar-refractivity contribution is -0.384. The minimum Gasteiger partial charge on any atom is -0.320 e. The van der Waals surface area contributed by atoms with Crippen molar-refractivity contribution in [1.82, 2.24) is 5.32 Å². The number of nitro benzene ring substituents is 1. The molecule has 1 N–H and O–H groups in total. The van der Waals surface area contributed by atoms with Gasteiger partial charge in [0.2, 0.25) is 5.91 Å². The number of nitrogens with one attached hydrogen (secondary N) is 1. The van der Waals surface area contributed by atoms with Gasteiger partial charge in [0.25, 0.3) is 5.69 Å². The van der Waals surface area contributed by atoms with Crippen molar-refractivity contribution < 1.29 is 9.72 Å². The first-order valence-corrected chi connectivity index (χ1v) is 9.81. The number of carbonyl (C=O) groups is 1. The summed E-state index contributed by atoms with van der Waals surface area (Å²) in [6.45, 7) is 0. The molecule has 8 heteroatoms. The maximum atomic E-state index is 12.2. The van der Waals surface area contributed by atoms with Gasteiger partial charge in [-0.1, -0.05) is 40.2 Å². The van der Waals surface area contributed by atoms with Crippen molar-refractivity contribution in [2.45, 2.75) is 18.1 Å². The maximum Gasteiger partial charge on any atom is 0.269 e. The second-order valence-corrected chi connectivity index (χ2v) is 7.83. The molecule has 0 radical (unpaired) electrons. The first-order chi connectivity index (χ1) is 13.0. The molecule has 2 aromatic carbocycles. The number of rotatable bonds is 5. The number of hydrogen-bond acceptors (Lipinski definition) is 5. The number of thioether (sulfide) groups is 1. The summed E-state index contributed by atoms with van der Waals surface area (Å²) in [5, 5.41) is 23.8. The van der Waals surface area contributed by atoms with E-state index in [9.17, 15) is 20.2 Å². The zero-order valence-corrected chi connectivity index (χ0v) is 16.4. The Hall–Kier alpha value is -2.63. The molecule has 2 aromatic rings. The predicted octanol–water partition coefficient (Wildman–Crippen LogP) is 4.63. The minimum atomic E-state index is -0.447. The SMILES string of the molecule is N#CC1=C(SCc2ccc([N+](=O)[O-])cc2)NC(=O)C[C@H]1c1cccc(Br)c1. The number of carbonyl (C=O) groups excluding carboxylic acids is 1. The van der Waals surface area contributed by atoms with Gasteiger partial charge in [0, 0.05) is 34.7 Å². The molecule has 6 nitrogen and oxygen atoms in total. The van der Waals surface area contributed by atoms with Crippen LogP contribution in [0.1, 0.15) is 23.5 Å². The summed E-state index contributed by atoms with van der Waals surface area (Å²) in [6.07, 6.45) is 0.223. The van der Waals surface area contributed by atoms with Gasteiger partial charge >= 0.3 is 0 Å². The molecule has 1 atom stereocenters. The van der Waals surface area contributed by atoms with Crippen LogP contribution in [0.3, 0.4) is 0 Å². The second kappa shape index (κ2) is 8.37. The lowest BCUT2D eigenvalue weighted by Gasteiger charge is -2.25. The van der Waals surface area contributed by atoms with Crippen LogP contribution in [0.15, 0.2) is 63.6 Å². The summed E-state index contributed by atoms with van der Waals surface area (Å²) in [4.78, 5) is 22.5. The predicted molar refractivity (Wildman–Crippen MR) is 107 cm³/mol. The van der Waals surface area contributed by atoms with Gasteiger partial charge in [0.1, 0.15) is 0 Å². The molecule has 0 fully saturated rings. The van der Waals surface area contributed by atoms with E-state index in [2.05, 4.69) is 27.3 Å². The Balaban J connectivity index is 1.84. The Morgan fingerprint density at radius 1 is 1.30 bits per heavy atom. The molecule has 1 heterocycles. The van der Waals surface area contributed by atoms with Gasteiger partial charge in [-0.05, 0) is 23.3 Å². The lowest BCUT2D eigenvalue weighted by atomic mass is 9.87. The van der Waals surface area contributed by atoms with Crippen LogP contribution in [-0.4, -0.2) is 10.8 Å². The molecule has 0 saturated carbocycles. The van der Waals surface area contributed by atoms with Gasteiger partial charge in [-0.25, -0.2) is 0 Å². The van der Waals surface area contributed by atoms with Crippen molar-refractivity contribution in [3.63, 3.8) is 0 Å². The van der Waals surface area contributed by atoms with Crippen LogP contribution in [0, 0.1) is 21.4 Å². The average Bonchev–Trinajstić information content (AvgIpc) is 2.66. The van der Waals surface area contributed by atoms with E-state index >= 15 is 0 Å². The number of benzene rings is 2. The molecule has 1 aliphatic heterocycles. The van der Waals surface area contributed by atoms with Crippen LogP contribution in [0.25, 0.3) is 0 Å². The Labute approximate surface area is 168 Å². The average molecular weight is 444 g/mol. The van der Waals surface area contributed by atoms with E-state index in [1.165, 1.54) is 23.9 Å². The van der Waals surface area contributed by atoms with Gasteiger partial charge in [-0.3, -0.25) is 14.9 Å². The summed E-state index contributed by atoms with van der Waals surface area (Å²) in [5.41, 5.74) is 2.33. The fourth-order valence-electron chi connectivity index (χ4n) is 2.81.